The number of hydrogen-bond donors (Lipinski definition) is 2. The van der Waals surface area contributed by atoms with Gasteiger partial charge in [0.2, 0.25) is 5.91 Å². The Balaban J connectivity index is 2.70. The van der Waals surface area contributed by atoms with Crippen LogP contribution in [0.3, 0.4) is 0 Å². The van der Waals surface area contributed by atoms with Gasteiger partial charge in [0.25, 0.3) is 0 Å². The summed E-state index contributed by atoms with van der Waals surface area (Å²) >= 11 is 10.2. The third kappa shape index (κ3) is 4.97. The Morgan fingerprint density at radius 2 is 1.89 bits per heavy atom. The molecular weight excluding hydrogens is 430 g/mol. The van der Waals surface area contributed by atoms with Gasteiger partial charge in [-0.25, -0.2) is 0 Å². The Morgan fingerprint density at radius 3 is 2.39 bits per heavy atom. The molecule has 1 aromatic rings. The van der Waals surface area contributed by atoms with Crippen LogP contribution in [0.1, 0.15) is 0 Å². The molecule has 100 valence electrons. The molecule has 0 spiro atoms. The summed E-state index contributed by atoms with van der Waals surface area (Å²) in [4.78, 5) is 13.7. The van der Waals surface area contributed by atoms with E-state index in [1.165, 1.54) is 0 Å². The first kappa shape index (κ1) is 16.1. The number of rotatable bonds is 5. The zero-order valence-electron chi connectivity index (χ0n) is 9.84. The Kier molecular flexibility index (Phi) is 6.79. The molecule has 4 nitrogen and oxygen atoms in total. The van der Waals surface area contributed by atoms with Crippen LogP contribution in [-0.4, -0.2) is 37.5 Å². The Bertz CT molecular complexity index is 417. The number of halogens is 3. The molecule has 1 amide bonds. The maximum atomic E-state index is 11.8. The molecule has 0 atom stereocenters. The van der Waals surface area contributed by atoms with Crippen molar-refractivity contribution in [2.45, 2.75) is 0 Å². The Hall–Kier alpha value is 0.0500. The van der Waals surface area contributed by atoms with Gasteiger partial charge in [-0.15, -0.1) is 0 Å². The van der Waals surface area contributed by atoms with Crippen LogP contribution in [0.15, 0.2) is 25.6 Å². The van der Waals surface area contributed by atoms with Crippen LogP contribution in [0.25, 0.3) is 0 Å². The van der Waals surface area contributed by atoms with Crippen LogP contribution in [0.5, 0.6) is 0 Å². The molecule has 0 aliphatic carbocycles. The van der Waals surface area contributed by atoms with Crippen molar-refractivity contribution in [3.63, 3.8) is 0 Å². The van der Waals surface area contributed by atoms with Crippen LogP contribution < -0.4 is 11.1 Å². The SMILES string of the molecule is CN(CCN)CC(=O)Nc1c(Br)cc(Br)cc1Br. The van der Waals surface area contributed by atoms with Gasteiger partial charge >= 0.3 is 0 Å². The van der Waals surface area contributed by atoms with Crippen molar-refractivity contribution in [3.8, 4) is 0 Å². The lowest BCUT2D eigenvalue weighted by molar-refractivity contribution is -0.117. The van der Waals surface area contributed by atoms with E-state index in [0.717, 1.165) is 19.1 Å². The monoisotopic (exact) mass is 441 g/mol. The van der Waals surface area contributed by atoms with Crippen molar-refractivity contribution in [2.24, 2.45) is 5.73 Å². The second-order valence-corrected chi connectivity index (χ2v) is 6.44. The van der Waals surface area contributed by atoms with Gasteiger partial charge in [-0.1, -0.05) is 15.9 Å². The quantitative estimate of drug-likeness (QED) is 0.735. The number of anilines is 1. The van der Waals surface area contributed by atoms with E-state index in [9.17, 15) is 4.79 Å². The van der Waals surface area contributed by atoms with E-state index in [0.29, 0.717) is 19.6 Å². The molecule has 0 aromatic heterocycles. The van der Waals surface area contributed by atoms with E-state index in [-0.39, 0.29) is 5.91 Å². The summed E-state index contributed by atoms with van der Waals surface area (Å²) in [6.07, 6.45) is 0. The van der Waals surface area contributed by atoms with E-state index in [1.807, 2.05) is 24.1 Å². The lowest BCUT2D eigenvalue weighted by Gasteiger charge is -2.16. The lowest BCUT2D eigenvalue weighted by Crippen LogP contribution is -2.33. The van der Waals surface area contributed by atoms with E-state index >= 15 is 0 Å². The standard InChI is InChI=1S/C11H14Br3N3O/c1-17(3-2-15)6-10(18)16-11-8(13)4-7(12)5-9(11)14/h4-5H,2-3,6,15H2,1H3,(H,16,18). The Labute approximate surface area is 132 Å². The minimum atomic E-state index is -0.0744. The molecule has 3 N–H and O–H groups in total. The topological polar surface area (TPSA) is 58.4 Å². The molecule has 0 heterocycles. The van der Waals surface area contributed by atoms with Crippen molar-refractivity contribution in [1.29, 1.82) is 0 Å². The van der Waals surface area contributed by atoms with Gasteiger partial charge in [0.1, 0.15) is 0 Å². The molecule has 1 rings (SSSR count). The van der Waals surface area contributed by atoms with Crippen LogP contribution >= 0.6 is 47.8 Å². The molecule has 18 heavy (non-hydrogen) atoms. The molecule has 0 aliphatic rings. The van der Waals surface area contributed by atoms with Crippen molar-refractivity contribution in [1.82, 2.24) is 4.90 Å². The van der Waals surface area contributed by atoms with Crippen LogP contribution in [0.4, 0.5) is 5.69 Å². The number of carbonyl (C=O) groups is 1. The number of benzene rings is 1. The molecule has 0 saturated carbocycles. The van der Waals surface area contributed by atoms with Crippen LogP contribution in [-0.2, 0) is 4.79 Å². The molecule has 0 unspecified atom stereocenters. The summed E-state index contributed by atoms with van der Waals surface area (Å²) in [5.41, 5.74) is 6.16. The number of amides is 1. The smallest absolute Gasteiger partial charge is 0.238 e. The number of hydrogen-bond acceptors (Lipinski definition) is 3. The zero-order valence-corrected chi connectivity index (χ0v) is 14.6. The third-order valence-electron chi connectivity index (χ3n) is 2.20. The molecule has 0 bridgehead atoms. The normalized spacial score (nSPS) is 10.8. The summed E-state index contributed by atoms with van der Waals surface area (Å²) < 4.78 is 2.57. The van der Waals surface area contributed by atoms with Gasteiger partial charge in [0.05, 0.1) is 12.2 Å². The molecule has 0 saturated heterocycles. The molecule has 0 radical (unpaired) electrons. The lowest BCUT2D eigenvalue weighted by atomic mass is 10.3. The maximum Gasteiger partial charge on any atom is 0.238 e. The highest BCUT2D eigenvalue weighted by Crippen LogP contribution is 2.34. The first-order valence-electron chi connectivity index (χ1n) is 5.27. The predicted octanol–water partition coefficient (Wildman–Crippen LogP) is 2.80. The summed E-state index contributed by atoms with van der Waals surface area (Å²) in [5, 5.41) is 2.86. The Morgan fingerprint density at radius 1 is 1.33 bits per heavy atom. The highest BCUT2D eigenvalue weighted by molar-refractivity contribution is 9.11. The number of nitrogens with two attached hydrogens (primary N) is 1. The van der Waals surface area contributed by atoms with Crippen molar-refractivity contribution >= 4 is 59.4 Å². The summed E-state index contributed by atoms with van der Waals surface area (Å²) in [5.74, 6) is -0.0744. The predicted molar refractivity (Wildman–Crippen MR) is 84.7 cm³/mol. The fraction of sp³-hybridized carbons (Fsp3) is 0.364. The highest BCUT2D eigenvalue weighted by Gasteiger charge is 2.11. The average molecular weight is 444 g/mol. The summed E-state index contributed by atoms with van der Waals surface area (Å²) in [6.45, 7) is 1.54. The van der Waals surface area contributed by atoms with E-state index in [4.69, 9.17) is 5.73 Å². The second kappa shape index (κ2) is 7.59. The molecule has 0 fully saturated rings. The van der Waals surface area contributed by atoms with Crippen molar-refractivity contribution in [2.75, 3.05) is 32.0 Å². The molecule has 0 aliphatic heterocycles. The zero-order chi connectivity index (χ0) is 13.7. The summed E-state index contributed by atoms with van der Waals surface area (Å²) in [7, 11) is 1.86. The first-order chi connectivity index (χ1) is 8.43. The number of nitrogens with zero attached hydrogens (tertiary/aromatic N) is 1. The minimum absolute atomic E-state index is 0.0744. The van der Waals surface area contributed by atoms with E-state index in [2.05, 4.69) is 53.1 Å². The first-order valence-corrected chi connectivity index (χ1v) is 7.65. The van der Waals surface area contributed by atoms with Crippen LogP contribution in [0, 0.1) is 0 Å². The molecular formula is C11H14Br3N3O. The van der Waals surface area contributed by atoms with Crippen LogP contribution in [0.2, 0.25) is 0 Å². The van der Waals surface area contributed by atoms with Crippen molar-refractivity contribution < 1.29 is 4.79 Å². The van der Waals surface area contributed by atoms with Gasteiger partial charge in [-0.2, -0.15) is 0 Å². The van der Waals surface area contributed by atoms with Gasteiger partial charge < -0.3 is 11.1 Å². The summed E-state index contributed by atoms with van der Waals surface area (Å²) in [6, 6.07) is 3.76. The maximum absolute atomic E-state index is 11.8. The third-order valence-corrected chi connectivity index (χ3v) is 3.90. The van der Waals surface area contributed by atoms with Crippen molar-refractivity contribution in [3.05, 3.63) is 25.6 Å². The second-order valence-electron chi connectivity index (χ2n) is 3.82. The highest BCUT2D eigenvalue weighted by atomic mass is 79.9. The largest absolute Gasteiger partial charge is 0.329 e. The van der Waals surface area contributed by atoms with E-state index in [1.54, 1.807) is 0 Å². The van der Waals surface area contributed by atoms with Gasteiger partial charge in [0, 0.05) is 26.5 Å². The number of nitrogens with one attached hydrogen (secondary N) is 1. The van der Waals surface area contributed by atoms with Gasteiger partial charge in [-0.3, -0.25) is 9.69 Å². The fourth-order valence-electron chi connectivity index (χ4n) is 1.39. The van der Waals surface area contributed by atoms with E-state index < -0.39 is 0 Å². The molecule has 1 aromatic carbocycles. The van der Waals surface area contributed by atoms with Gasteiger partial charge in [-0.05, 0) is 51.0 Å². The van der Waals surface area contributed by atoms with Gasteiger partial charge in [0.15, 0.2) is 0 Å². The number of likely N-dealkylation sites (N-methyl/N-ethyl adjacent to an activating group) is 1. The number of carbonyl (C=O) groups excluding carboxylic acids is 1. The minimum Gasteiger partial charge on any atom is -0.329 e. The molecule has 7 heteroatoms. The fourth-order valence-corrected chi connectivity index (χ4v) is 3.84. The average Bonchev–Trinajstić information content (AvgIpc) is 2.23.